The highest BCUT2D eigenvalue weighted by Gasteiger charge is 2.52. The van der Waals surface area contributed by atoms with Gasteiger partial charge in [0.05, 0.1) is 16.1 Å². The normalized spacial score (nSPS) is 13.3. The van der Waals surface area contributed by atoms with Gasteiger partial charge in [0.2, 0.25) is 17.6 Å². The van der Waals surface area contributed by atoms with E-state index in [1.165, 1.54) is 13.8 Å². The maximum Gasteiger partial charge on any atom is 0.405 e. The van der Waals surface area contributed by atoms with Crippen LogP contribution in [-0.2, 0) is 32.0 Å². The minimum atomic E-state index is -4.98. The second-order valence-electron chi connectivity index (χ2n) is 9.53. The summed E-state index contributed by atoms with van der Waals surface area (Å²) >= 11 is 11.9. The van der Waals surface area contributed by atoms with Crippen LogP contribution in [-0.4, -0.2) is 54.2 Å². The fourth-order valence-electron chi connectivity index (χ4n) is 3.67. The zero-order valence-corrected chi connectivity index (χ0v) is 23.5. The van der Waals surface area contributed by atoms with Crippen molar-refractivity contribution in [2.75, 3.05) is 6.54 Å². The number of alkyl halides is 5. The van der Waals surface area contributed by atoms with E-state index >= 15 is 0 Å². The van der Waals surface area contributed by atoms with E-state index in [-0.39, 0.29) is 19.3 Å². The second kappa shape index (κ2) is 14.6. The van der Waals surface area contributed by atoms with Crippen molar-refractivity contribution in [3.05, 3.63) is 69.7 Å². The summed E-state index contributed by atoms with van der Waals surface area (Å²) < 4.78 is 66.2. The number of benzene rings is 2. The highest BCUT2D eigenvalue weighted by atomic mass is 35.5. The summed E-state index contributed by atoms with van der Waals surface area (Å²) in [5, 5.41) is 6.28. The van der Waals surface area contributed by atoms with E-state index in [1.54, 1.807) is 48.5 Å². The molecular weight excluding hydrogens is 596 g/mol. The van der Waals surface area contributed by atoms with Gasteiger partial charge in [-0.15, -0.1) is 0 Å². The standard InChI is InChI=1S/C27H28Cl2F5N3O4/c1-15(2)22(23(39)27(33,34)25(41)35-14-26(30,31)32)37-24(40)20(13-16-6-4-3-5-7-16)36-21(38)11-9-17-8-10-18(28)19(29)12-17/h3-8,10,12,15,20,22H,9,11,13-14H2,1-2H3,(H,35,41)(H,36,38)(H,37,40). The lowest BCUT2D eigenvalue weighted by atomic mass is 9.94. The van der Waals surface area contributed by atoms with Crippen molar-refractivity contribution in [2.45, 2.75) is 57.3 Å². The predicted octanol–water partition coefficient (Wildman–Crippen LogP) is 4.68. The third-order valence-corrected chi connectivity index (χ3v) is 6.59. The molecule has 0 bridgehead atoms. The molecule has 0 aliphatic rings. The van der Waals surface area contributed by atoms with Crippen molar-refractivity contribution in [3.8, 4) is 0 Å². The van der Waals surface area contributed by atoms with Crippen LogP contribution >= 0.6 is 23.2 Å². The Bertz CT molecular complexity index is 1240. The SMILES string of the molecule is CC(C)C(NC(=O)C(Cc1ccccc1)NC(=O)CCc1ccc(Cl)c(Cl)c1)C(=O)C(F)(F)C(=O)NCC(F)(F)F. The van der Waals surface area contributed by atoms with Crippen LogP contribution in [0, 0.1) is 5.92 Å². The molecule has 7 nitrogen and oxygen atoms in total. The number of carbonyl (C=O) groups excluding carboxylic acids is 4. The van der Waals surface area contributed by atoms with Gasteiger partial charge in [0.25, 0.3) is 5.91 Å². The molecule has 2 aromatic carbocycles. The van der Waals surface area contributed by atoms with Gasteiger partial charge in [0.1, 0.15) is 12.6 Å². The Kier molecular flexibility index (Phi) is 12.1. The van der Waals surface area contributed by atoms with Gasteiger partial charge in [-0.1, -0.05) is 73.4 Å². The molecule has 0 saturated heterocycles. The molecular formula is C27H28Cl2F5N3O4. The molecule has 2 aromatic rings. The molecule has 0 saturated carbocycles. The number of hydrogen-bond donors (Lipinski definition) is 3. The maximum atomic E-state index is 14.6. The Labute approximate surface area is 243 Å². The monoisotopic (exact) mass is 623 g/mol. The summed E-state index contributed by atoms with van der Waals surface area (Å²) in [6.45, 7) is 0.532. The Hall–Kier alpha value is -3.25. The van der Waals surface area contributed by atoms with E-state index in [0.717, 1.165) is 5.32 Å². The molecule has 0 heterocycles. The van der Waals surface area contributed by atoms with Gasteiger partial charge in [-0.3, -0.25) is 19.2 Å². The molecule has 14 heteroatoms. The van der Waals surface area contributed by atoms with Crippen LogP contribution in [0.5, 0.6) is 0 Å². The molecule has 3 amide bonds. The fourth-order valence-corrected chi connectivity index (χ4v) is 3.99. The Morgan fingerprint density at radius 1 is 0.854 bits per heavy atom. The van der Waals surface area contributed by atoms with Crippen molar-refractivity contribution in [2.24, 2.45) is 5.92 Å². The highest BCUT2D eigenvalue weighted by Crippen LogP contribution is 2.24. The molecule has 0 aromatic heterocycles. The number of Topliss-reactive ketones (excluding diaryl/α,β-unsaturated/α-hetero) is 1. The van der Waals surface area contributed by atoms with Gasteiger partial charge in [-0.25, -0.2) is 0 Å². The molecule has 0 fully saturated rings. The van der Waals surface area contributed by atoms with Crippen LogP contribution in [0.4, 0.5) is 22.0 Å². The second-order valence-corrected chi connectivity index (χ2v) is 10.3. The number of halogens is 7. The van der Waals surface area contributed by atoms with Crippen molar-refractivity contribution in [1.29, 1.82) is 0 Å². The number of hydrogen-bond acceptors (Lipinski definition) is 4. The lowest BCUT2D eigenvalue weighted by Gasteiger charge is -2.27. The maximum absolute atomic E-state index is 14.6. The topological polar surface area (TPSA) is 104 Å². The molecule has 2 rings (SSSR count). The zero-order valence-electron chi connectivity index (χ0n) is 22.0. The molecule has 2 atom stereocenters. The third-order valence-electron chi connectivity index (χ3n) is 5.85. The van der Waals surface area contributed by atoms with Crippen molar-refractivity contribution in [3.63, 3.8) is 0 Å². The first-order valence-corrected chi connectivity index (χ1v) is 13.1. The molecule has 2 unspecified atom stereocenters. The Morgan fingerprint density at radius 2 is 1.49 bits per heavy atom. The van der Waals surface area contributed by atoms with Crippen LogP contribution < -0.4 is 16.0 Å². The Morgan fingerprint density at radius 3 is 2.05 bits per heavy atom. The summed E-state index contributed by atoms with van der Waals surface area (Å²) in [5.74, 6) is -12.0. The minimum Gasteiger partial charge on any atom is -0.344 e. The van der Waals surface area contributed by atoms with Crippen LogP contribution in [0.1, 0.15) is 31.4 Å². The molecule has 41 heavy (non-hydrogen) atoms. The average molecular weight is 624 g/mol. The first-order valence-electron chi connectivity index (χ1n) is 12.4. The van der Waals surface area contributed by atoms with Crippen molar-refractivity contribution >= 4 is 46.7 Å². The Balaban J connectivity index is 2.19. The van der Waals surface area contributed by atoms with Gasteiger partial charge in [0, 0.05) is 12.8 Å². The summed E-state index contributed by atoms with van der Waals surface area (Å²) in [5.41, 5.74) is 1.29. The average Bonchev–Trinajstić information content (AvgIpc) is 2.90. The van der Waals surface area contributed by atoms with Gasteiger partial charge in [0.15, 0.2) is 0 Å². The predicted molar refractivity (Wildman–Crippen MR) is 143 cm³/mol. The lowest BCUT2D eigenvalue weighted by Crippen LogP contribution is -2.59. The van der Waals surface area contributed by atoms with Gasteiger partial charge >= 0.3 is 12.1 Å². The van der Waals surface area contributed by atoms with Crippen LogP contribution in [0.2, 0.25) is 10.0 Å². The number of aryl methyl sites for hydroxylation is 1. The van der Waals surface area contributed by atoms with E-state index in [0.29, 0.717) is 21.2 Å². The minimum absolute atomic E-state index is 0.0767. The van der Waals surface area contributed by atoms with E-state index in [4.69, 9.17) is 23.2 Å². The molecule has 224 valence electrons. The number of carbonyl (C=O) groups is 4. The quantitative estimate of drug-likeness (QED) is 0.223. The third kappa shape index (κ3) is 10.6. The summed E-state index contributed by atoms with van der Waals surface area (Å²) in [6, 6.07) is 9.92. The van der Waals surface area contributed by atoms with Gasteiger partial charge in [-0.2, -0.15) is 22.0 Å². The van der Waals surface area contributed by atoms with Crippen LogP contribution in [0.25, 0.3) is 0 Å². The smallest absolute Gasteiger partial charge is 0.344 e. The zero-order chi connectivity index (χ0) is 31.0. The van der Waals surface area contributed by atoms with Crippen molar-refractivity contribution < 1.29 is 41.1 Å². The van der Waals surface area contributed by atoms with E-state index in [1.807, 2.05) is 0 Å². The van der Waals surface area contributed by atoms with Crippen molar-refractivity contribution in [1.82, 2.24) is 16.0 Å². The molecule has 0 aliphatic heterocycles. The van der Waals surface area contributed by atoms with Crippen LogP contribution in [0.3, 0.4) is 0 Å². The summed E-state index contributed by atoms with van der Waals surface area (Å²) in [7, 11) is 0. The number of nitrogens with one attached hydrogen (secondary N) is 3. The number of rotatable bonds is 13. The van der Waals surface area contributed by atoms with E-state index in [2.05, 4.69) is 10.6 Å². The van der Waals surface area contributed by atoms with Gasteiger partial charge < -0.3 is 16.0 Å². The highest BCUT2D eigenvalue weighted by molar-refractivity contribution is 6.42. The molecule has 0 radical (unpaired) electrons. The number of amides is 3. The lowest BCUT2D eigenvalue weighted by molar-refractivity contribution is -0.165. The summed E-state index contributed by atoms with van der Waals surface area (Å²) in [6.07, 6.45) is -4.91. The largest absolute Gasteiger partial charge is 0.405 e. The fraction of sp³-hybridized carbons (Fsp3) is 0.407. The van der Waals surface area contributed by atoms with Gasteiger partial charge in [-0.05, 0) is 35.6 Å². The molecule has 0 spiro atoms. The first-order chi connectivity index (χ1) is 19.0. The summed E-state index contributed by atoms with van der Waals surface area (Å²) in [4.78, 5) is 50.3. The van der Waals surface area contributed by atoms with E-state index in [9.17, 15) is 41.1 Å². The first kappa shape index (κ1) is 34.0. The van der Waals surface area contributed by atoms with E-state index < -0.39 is 60.1 Å². The molecule has 3 N–H and O–H groups in total. The van der Waals surface area contributed by atoms with Crippen LogP contribution in [0.15, 0.2) is 48.5 Å². The number of ketones is 1. The molecule has 0 aliphatic carbocycles.